The third-order valence-electron chi connectivity index (χ3n) is 7.17. The van der Waals surface area contributed by atoms with Crippen molar-refractivity contribution in [1.29, 1.82) is 0 Å². The normalized spacial score (nSPS) is 13.3. The van der Waals surface area contributed by atoms with Gasteiger partial charge in [0, 0.05) is 17.9 Å². The van der Waals surface area contributed by atoms with Gasteiger partial charge < -0.3 is 0 Å². The summed E-state index contributed by atoms with van der Waals surface area (Å²) in [4.78, 5) is 25.6. The second-order valence-corrected chi connectivity index (χ2v) is 11.9. The minimum Gasteiger partial charge on any atom is -0.274 e. The first-order chi connectivity index (χ1) is 19.4. The number of aryl methyl sites for hydroxylation is 3. The zero-order chi connectivity index (χ0) is 28.1. The van der Waals surface area contributed by atoms with Crippen LogP contribution in [0.1, 0.15) is 49.6 Å². The molecule has 4 aromatic rings. The van der Waals surface area contributed by atoms with Crippen LogP contribution in [-0.4, -0.2) is 28.7 Å². The Hall–Kier alpha value is -3.98. The van der Waals surface area contributed by atoms with Crippen molar-refractivity contribution in [2.45, 2.75) is 63.4 Å². The number of rotatable bonds is 12. The Balaban J connectivity index is 1.37. The summed E-state index contributed by atoms with van der Waals surface area (Å²) < 4.78 is 31.5. The van der Waals surface area contributed by atoms with Gasteiger partial charge >= 0.3 is 5.69 Å². The molecule has 5 rings (SSSR count). The van der Waals surface area contributed by atoms with Crippen molar-refractivity contribution in [2.75, 3.05) is 0 Å². The van der Waals surface area contributed by atoms with Gasteiger partial charge in [0.1, 0.15) is 5.82 Å². The second-order valence-electron chi connectivity index (χ2n) is 10.3. The highest BCUT2D eigenvalue weighted by molar-refractivity contribution is 7.90. The first-order valence-electron chi connectivity index (χ1n) is 13.8. The van der Waals surface area contributed by atoms with Gasteiger partial charge in [0.2, 0.25) is 5.91 Å². The average Bonchev–Trinajstić information content (AvgIpc) is 3.78. The molecule has 0 radical (unpaired) electrons. The average molecular weight is 559 g/mol. The van der Waals surface area contributed by atoms with Gasteiger partial charge in [-0.15, -0.1) is 0 Å². The lowest BCUT2D eigenvalue weighted by molar-refractivity contribution is -0.120. The summed E-state index contributed by atoms with van der Waals surface area (Å²) in [6, 6.07) is 24.2. The molecule has 208 valence electrons. The highest BCUT2D eigenvalue weighted by Gasteiger charge is 2.33. The van der Waals surface area contributed by atoms with Gasteiger partial charge in [-0.25, -0.2) is 22.6 Å². The number of unbranched alkanes of at least 4 members (excludes halogenated alkanes) is 1. The van der Waals surface area contributed by atoms with Gasteiger partial charge in [0.05, 0.1) is 18.0 Å². The van der Waals surface area contributed by atoms with Crippen molar-refractivity contribution in [3.8, 4) is 11.1 Å². The van der Waals surface area contributed by atoms with Crippen molar-refractivity contribution in [3.63, 3.8) is 0 Å². The molecule has 0 atom stereocenters. The monoisotopic (exact) mass is 558 g/mol. The summed E-state index contributed by atoms with van der Waals surface area (Å²) in [5, 5.41) is 4.67. The Kier molecular flexibility index (Phi) is 8.30. The third kappa shape index (κ3) is 6.42. The van der Waals surface area contributed by atoms with Crippen LogP contribution in [0, 0.1) is 5.92 Å². The lowest BCUT2D eigenvalue weighted by Crippen LogP contribution is -2.32. The molecule has 9 heteroatoms. The highest BCUT2D eigenvalue weighted by atomic mass is 32.2. The predicted molar refractivity (Wildman–Crippen MR) is 154 cm³/mol. The van der Waals surface area contributed by atoms with Crippen LogP contribution >= 0.6 is 0 Å². The Morgan fingerprint density at radius 3 is 2.33 bits per heavy atom. The van der Waals surface area contributed by atoms with Crippen molar-refractivity contribution in [3.05, 3.63) is 106 Å². The van der Waals surface area contributed by atoms with Crippen molar-refractivity contribution in [1.82, 2.24) is 19.1 Å². The van der Waals surface area contributed by atoms with E-state index in [1.807, 2.05) is 54.6 Å². The van der Waals surface area contributed by atoms with Gasteiger partial charge in [0.15, 0.2) is 0 Å². The highest BCUT2D eigenvalue weighted by Crippen LogP contribution is 2.31. The van der Waals surface area contributed by atoms with Crippen LogP contribution in [0.4, 0.5) is 0 Å². The lowest BCUT2D eigenvalue weighted by Gasteiger charge is -2.12. The zero-order valence-corrected chi connectivity index (χ0v) is 23.4. The summed E-state index contributed by atoms with van der Waals surface area (Å²) >= 11 is 0. The number of carbonyl (C=O) groups excluding carboxylic acids is 1. The summed E-state index contributed by atoms with van der Waals surface area (Å²) in [5.74, 6) is 0.111. The van der Waals surface area contributed by atoms with Crippen LogP contribution in [0.5, 0.6) is 0 Å². The standard InChI is InChI=1S/C31H34N4O4S/c1-2-3-13-29-32-35(21-20-23-9-5-4-6-10-23)31(37)34(29)22-24-14-16-25(17-15-24)27-11-7-8-12-28(27)40(38,39)33-30(36)26-18-19-26/h4-12,14-17,26H,2-3,13,18-22H2,1H3,(H,33,36). The van der Waals surface area contributed by atoms with E-state index in [-0.39, 0.29) is 16.5 Å². The molecule has 1 fully saturated rings. The van der Waals surface area contributed by atoms with E-state index in [0.717, 1.165) is 55.5 Å². The predicted octanol–water partition coefficient (Wildman–Crippen LogP) is 4.56. The van der Waals surface area contributed by atoms with Crippen LogP contribution in [0.2, 0.25) is 0 Å². The van der Waals surface area contributed by atoms with Crippen LogP contribution in [-0.2, 0) is 40.7 Å². The fourth-order valence-electron chi connectivity index (χ4n) is 4.72. The second kappa shape index (κ2) is 12.0. The largest absolute Gasteiger partial charge is 0.346 e. The Labute approximate surface area is 234 Å². The maximum atomic E-state index is 13.3. The molecule has 0 bridgehead atoms. The minimum atomic E-state index is -4.00. The van der Waals surface area contributed by atoms with E-state index < -0.39 is 15.9 Å². The van der Waals surface area contributed by atoms with E-state index in [2.05, 4.69) is 16.7 Å². The number of hydrogen-bond acceptors (Lipinski definition) is 5. The molecule has 1 amide bonds. The number of aromatic nitrogens is 3. The molecule has 0 unspecified atom stereocenters. The summed E-state index contributed by atoms with van der Waals surface area (Å²) in [6.07, 6.45) is 4.84. The molecule has 0 saturated heterocycles. The summed E-state index contributed by atoms with van der Waals surface area (Å²) in [6.45, 7) is 3.00. The number of sulfonamides is 1. The fourth-order valence-corrected chi connectivity index (χ4v) is 5.99. The van der Waals surface area contributed by atoms with Gasteiger partial charge in [0.25, 0.3) is 10.0 Å². The van der Waals surface area contributed by atoms with E-state index in [1.54, 1.807) is 27.4 Å². The summed E-state index contributed by atoms with van der Waals surface area (Å²) in [5.41, 5.74) is 3.16. The minimum absolute atomic E-state index is 0.0644. The first kappa shape index (κ1) is 27.6. The molecule has 40 heavy (non-hydrogen) atoms. The van der Waals surface area contributed by atoms with E-state index in [0.29, 0.717) is 24.2 Å². The zero-order valence-electron chi connectivity index (χ0n) is 22.6. The quantitative estimate of drug-likeness (QED) is 0.275. The van der Waals surface area contributed by atoms with Crippen LogP contribution in [0.25, 0.3) is 11.1 Å². The summed E-state index contributed by atoms with van der Waals surface area (Å²) in [7, 11) is -4.00. The number of benzene rings is 3. The van der Waals surface area contributed by atoms with Crippen molar-refractivity contribution < 1.29 is 13.2 Å². The smallest absolute Gasteiger partial charge is 0.274 e. The molecule has 1 aliphatic rings. The van der Waals surface area contributed by atoms with Gasteiger partial charge in [-0.1, -0.05) is 86.1 Å². The maximum absolute atomic E-state index is 13.3. The number of amides is 1. The molecule has 1 aliphatic carbocycles. The van der Waals surface area contributed by atoms with Crippen LogP contribution < -0.4 is 10.4 Å². The van der Waals surface area contributed by atoms with E-state index in [4.69, 9.17) is 0 Å². The molecule has 1 N–H and O–H groups in total. The number of carbonyl (C=O) groups is 1. The molecule has 0 aliphatic heterocycles. The lowest BCUT2D eigenvalue weighted by atomic mass is 10.0. The van der Waals surface area contributed by atoms with Crippen LogP contribution in [0.15, 0.2) is 88.6 Å². The SMILES string of the molecule is CCCCc1nn(CCc2ccccc2)c(=O)n1Cc1ccc(-c2ccccc2S(=O)(=O)NC(=O)C2CC2)cc1. The van der Waals surface area contributed by atoms with E-state index in [1.165, 1.54) is 6.07 Å². The number of hydrogen-bond donors (Lipinski definition) is 1. The van der Waals surface area contributed by atoms with Crippen molar-refractivity contribution >= 4 is 15.9 Å². The van der Waals surface area contributed by atoms with E-state index in [9.17, 15) is 18.0 Å². The molecule has 1 saturated carbocycles. The first-order valence-corrected chi connectivity index (χ1v) is 15.3. The Morgan fingerprint density at radius 2 is 1.62 bits per heavy atom. The molecule has 0 spiro atoms. The van der Waals surface area contributed by atoms with E-state index >= 15 is 0 Å². The van der Waals surface area contributed by atoms with Gasteiger partial charge in [-0.05, 0) is 48.4 Å². The molecular weight excluding hydrogens is 524 g/mol. The fraction of sp³-hybridized carbons (Fsp3) is 0.323. The molecule has 1 aromatic heterocycles. The third-order valence-corrected chi connectivity index (χ3v) is 8.58. The topological polar surface area (TPSA) is 103 Å². The Bertz CT molecular complexity index is 1640. The number of nitrogens with one attached hydrogen (secondary N) is 1. The van der Waals surface area contributed by atoms with Gasteiger partial charge in [-0.2, -0.15) is 5.10 Å². The maximum Gasteiger partial charge on any atom is 0.346 e. The molecule has 8 nitrogen and oxygen atoms in total. The molecular formula is C31H34N4O4S. The number of nitrogens with zero attached hydrogens (tertiary/aromatic N) is 3. The van der Waals surface area contributed by atoms with Gasteiger partial charge in [-0.3, -0.25) is 9.36 Å². The molecule has 1 heterocycles. The van der Waals surface area contributed by atoms with Crippen LogP contribution in [0.3, 0.4) is 0 Å². The Morgan fingerprint density at radius 1 is 0.925 bits per heavy atom. The molecule has 3 aromatic carbocycles. The van der Waals surface area contributed by atoms with Crippen molar-refractivity contribution in [2.24, 2.45) is 5.92 Å².